The molecule has 1 aromatic heterocycles. The molecule has 2 N–H and O–H groups in total. The molecule has 1 saturated heterocycles. The first-order valence-electron chi connectivity index (χ1n) is 12.4. The van der Waals surface area contributed by atoms with E-state index in [0.29, 0.717) is 17.7 Å². The summed E-state index contributed by atoms with van der Waals surface area (Å²) in [5, 5.41) is 4.34. The van der Waals surface area contributed by atoms with Gasteiger partial charge in [-0.1, -0.05) is 66.2 Å². The summed E-state index contributed by atoms with van der Waals surface area (Å²) in [6, 6.07) is 23.5. The van der Waals surface area contributed by atoms with Crippen molar-refractivity contribution in [1.82, 2.24) is 15.2 Å². The van der Waals surface area contributed by atoms with E-state index in [1.165, 1.54) is 11.1 Å². The van der Waals surface area contributed by atoms with E-state index >= 15 is 0 Å². The fourth-order valence-corrected chi connectivity index (χ4v) is 4.84. The zero-order valence-electron chi connectivity index (χ0n) is 20.1. The molecule has 0 aliphatic carbocycles. The van der Waals surface area contributed by atoms with Gasteiger partial charge in [-0.05, 0) is 49.4 Å². The number of likely N-dealkylation sites (tertiary alicyclic amines) is 1. The summed E-state index contributed by atoms with van der Waals surface area (Å²) in [6.07, 6.45) is 4.74. The van der Waals surface area contributed by atoms with Crippen molar-refractivity contribution in [2.75, 3.05) is 19.6 Å². The van der Waals surface area contributed by atoms with Crippen LogP contribution < -0.4 is 5.32 Å². The largest absolute Gasteiger partial charge is 0.360 e. The summed E-state index contributed by atoms with van der Waals surface area (Å²) >= 11 is 0. The van der Waals surface area contributed by atoms with Crippen LogP contribution in [0.25, 0.3) is 10.9 Å². The fraction of sp³-hybridized carbons (Fsp3) is 0.267. The highest BCUT2D eigenvalue weighted by atomic mass is 16.2. The van der Waals surface area contributed by atoms with E-state index in [1.807, 2.05) is 53.4 Å². The maximum absolute atomic E-state index is 13.8. The zero-order valence-corrected chi connectivity index (χ0v) is 20.1. The van der Waals surface area contributed by atoms with Gasteiger partial charge in [0.15, 0.2) is 5.78 Å². The Kier molecular flexibility index (Phi) is 6.77. The van der Waals surface area contributed by atoms with Gasteiger partial charge in [-0.2, -0.15) is 0 Å². The topological polar surface area (TPSA) is 65.2 Å². The average Bonchev–Trinajstić information content (AvgIpc) is 3.58. The van der Waals surface area contributed by atoms with Gasteiger partial charge in [0, 0.05) is 47.9 Å². The molecule has 0 spiro atoms. The van der Waals surface area contributed by atoms with Crippen LogP contribution in [0.5, 0.6) is 0 Å². The van der Waals surface area contributed by atoms with Crippen molar-refractivity contribution in [3.05, 3.63) is 107 Å². The number of hydrogen-bond donors (Lipinski definition) is 2. The lowest BCUT2D eigenvalue weighted by Gasteiger charge is -2.18. The number of amides is 1. The number of carbonyl (C=O) groups is 2. The van der Waals surface area contributed by atoms with Crippen LogP contribution in [0.15, 0.2) is 79.0 Å². The van der Waals surface area contributed by atoms with E-state index < -0.39 is 6.04 Å². The third-order valence-electron chi connectivity index (χ3n) is 6.87. The molecule has 178 valence electrons. The van der Waals surface area contributed by atoms with Gasteiger partial charge in [-0.25, -0.2) is 0 Å². The number of hydrogen-bond acceptors (Lipinski definition) is 3. The highest BCUT2D eigenvalue weighted by molar-refractivity contribution is 6.11. The van der Waals surface area contributed by atoms with Crippen LogP contribution in [0.2, 0.25) is 0 Å². The number of fused-ring (bicyclic) bond motifs is 1. The zero-order chi connectivity index (χ0) is 24.2. The Hall–Kier alpha value is -3.70. The number of aromatic amines is 1. The summed E-state index contributed by atoms with van der Waals surface area (Å²) in [7, 11) is 0. The van der Waals surface area contributed by atoms with Gasteiger partial charge in [-0.3, -0.25) is 9.59 Å². The van der Waals surface area contributed by atoms with Crippen molar-refractivity contribution < 1.29 is 9.59 Å². The summed E-state index contributed by atoms with van der Waals surface area (Å²) in [6.45, 7) is 4.40. The summed E-state index contributed by atoms with van der Waals surface area (Å²) < 4.78 is 0. The third-order valence-corrected chi connectivity index (χ3v) is 6.87. The van der Waals surface area contributed by atoms with Gasteiger partial charge in [0.05, 0.1) is 6.04 Å². The first-order valence-corrected chi connectivity index (χ1v) is 12.4. The van der Waals surface area contributed by atoms with Gasteiger partial charge in [-0.15, -0.1) is 0 Å². The van der Waals surface area contributed by atoms with Crippen LogP contribution in [-0.2, 0) is 6.42 Å². The first-order chi connectivity index (χ1) is 17.1. The molecular weight excluding hydrogens is 434 g/mol. The summed E-state index contributed by atoms with van der Waals surface area (Å²) in [5.41, 5.74) is 5.53. The number of H-pyrrole nitrogens is 1. The van der Waals surface area contributed by atoms with Crippen LogP contribution >= 0.6 is 0 Å². The predicted molar refractivity (Wildman–Crippen MR) is 140 cm³/mol. The van der Waals surface area contributed by atoms with E-state index in [2.05, 4.69) is 41.5 Å². The SMILES string of the molecule is Cc1ccc(CCN[C@H](C(=O)c2c[nH]c3cc(C(=O)N4CCCC4)ccc23)c2ccccc2)cc1. The Morgan fingerprint density at radius 2 is 1.71 bits per heavy atom. The molecule has 5 nitrogen and oxygen atoms in total. The van der Waals surface area contributed by atoms with Crippen molar-refractivity contribution in [3.63, 3.8) is 0 Å². The van der Waals surface area contributed by atoms with Crippen molar-refractivity contribution in [1.29, 1.82) is 0 Å². The number of Topliss-reactive ketones (excluding diaryl/α,β-unsaturated/α-hetero) is 1. The summed E-state index contributed by atoms with van der Waals surface area (Å²) in [4.78, 5) is 31.7. The number of aryl methyl sites for hydroxylation is 1. The number of rotatable bonds is 8. The van der Waals surface area contributed by atoms with E-state index in [1.54, 1.807) is 6.20 Å². The number of nitrogens with one attached hydrogen (secondary N) is 2. The number of ketones is 1. The van der Waals surface area contributed by atoms with Crippen molar-refractivity contribution >= 4 is 22.6 Å². The third kappa shape index (κ3) is 5.05. The van der Waals surface area contributed by atoms with Crippen molar-refractivity contribution in [2.24, 2.45) is 0 Å². The quantitative estimate of drug-likeness (QED) is 0.339. The lowest BCUT2D eigenvalue weighted by Crippen LogP contribution is -2.30. The van der Waals surface area contributed by atoms with Crippen LogP contribution in [0, 0.1) is 6.92 Å². The number of benzene rings is 3. The molecule has 0 radical (unpaired) electrons. The second kappa shape index (κ2) is 10.3. The van der Waals surface area contributed by atoms with Gasteiger partial charge >= 0.3 is 0 Å². The lowest BCUT2D eigenvalue weighted by atomic mass is 9.96. The van der Waals surface area contributed by atoms with Gasteiger partial charge in [0.2, 0.25) is 0 Å². The molecule has 5 heteroatoms. The van der Waals surface area contributed by atoms with Crippen molar-refractivity contribution in [3.8, 4) is 0 Å². The average molecular weight is 466 g/mol. The Bertz CT molecular complexity index is 1320. The van der Waals surface area contributed by atoms with Gasteiger partial charge in [0.25, 0.3) is 5.91 Å². The molecule has 0 bridgehead atoms. The molecule has 1 amide bonds. The minimum atomic E-state index is -0.452. The maximum atomic E-state index is 13.8. The standard InChI is InChI=1S/C30H31N3O2/c1-21-9-11-22(12-10-21)15-16-31-28(23-7-3-2-4-8-23)29(34)26-20-32-27-19-24(13-14-25(26)27)30(35)33-17-5-6-18-33/h2-4,7-14,19-20,28,31-32H,5-6,15-18H2,1H3/t28-/m0/s1. The Balaban J connectivity index is 1.37. The molecule has 4 aromatic rings. The monoisotopic (exact) mass is 465 g/mol. The molecule has 0 saturated carbocycles. The maximum Gasteiger partial charge on any atom is 0.253 e. The van der Waals surface area contributed by atoms with E-state index in [-0.39, 0.29) is 11.7 Å². The predicted octanol–water partition coefficient (Wildman–Crippen LogP) is 5.47. The van der Waals surface area contributed by atoms with E-state index in [0.717, 1.165) is 48.8 Å². The highest BCUT2D eigenvalue weighted by Gasteiger charge is 2.25. The van der Waals surface area contributed by atoms with E-state index in [9.17, 15) is 9.59 Å². The smallest absolute Gasteiger partial charge is 0.253 e. The Morgan fingerprint density at radius 3 is 2.46 bits per heavy atom. The Labute approximate surface area is 206 Å². The second-order valence-electron chi connectivity index (χ2n) is 9.36. The molecule has 2 heterocycles. The fourth-order valence-electron chi connectivity index (χ4n) is 4.84. The van der Waals surface area contributed by atoms with Crippen LogP contribution in [0.3, 0.4) is 0 Å². The molecule has 1 atom stereocenters. The van der Waals surface area contributed by atoms with Gasteiger partial charge < -0.3 is 15.2 Å². The summed E-state index contributed by atoms with van der Waals surface area (Å²) in [5.74, 6) is 0.0804. The first kappa shape index (κ1) is 23.1. The van der Waals surface area contributed by atoms with Crippen molar-refractivity contribution in [2.45, 2.75) is 32.2 Å². The lowest BCUT2D eigenvalue weighted by molar-refractivity contribution is 0.0792. The minimum absolute atomic E-state index is 0.0185. The van der Waals surface area contributed by atoms with Crippen LogP contribution in [-0.4, -0.2) is 41.2 Å². The Morgan fingerprint density at radius 1 is 0.971 bits per heavy atom. The number of nitrogens with zero attached hydrogens (tertiary/aromatic N) is 1. The number of carbonyl (C=O) groups excluding carboxylic acids is 2. The minimum Gasteiger partial charge on any atom is -0.360 e. The normalized spacial score (nSPS) is 14.4. The molecule has 1 aliphatic rings. The van der Waals surface area contributed by atoms with Gasteiger partial charge in [0.1, 0.15) is 0 Å². The second-order valence-corrected chi connectivity index (χ2v) is 9.36. The molecule has 3 aromatic carbocycles. The number of aromatic nitrogens is 1. The molecular formula is C30H31N3O2. The molecule has 5 rings (SSSR count). The van der Waals surface area contributed by atoms with E-state index in [4.69, 9.17) is 0 Å². The van der Waals surface area contributed by atoms with Crippen LogP contribution in [0.1, 0.15) is 56.3 Å². The highest BCUT2D eigenvalue weighted by Crippen LogP contribution is 2.26. The molecule has 35 heavy (non-hydrogen) atoms. The molecule has 1 aliphatic heterocycles. The molecule has 0 unspecified atom stereocenters. The van der Waals surface area contributed by atoms with Crippen LogP contribution in [0.4, 0.5) is 0 Å². The molecule has 1 fully saturated rings.